The Kier molecular flexibility index (Phi) is 5.21. The van der Waals surface area contributed by atoms with Crippen molar-refractivity contribution >= 4 is 11.0 Å². The topological polar surface area (TPSA) is 39.9 Å². The average Bonchev–Trinajstić information content (AvgIpc) is 3.04. The fourth-order valence-electron chi connectivity index (χ4n) is 3.54. The van der Waals surface area contributed by atoms with Gasteiger partial charge in [0, 0.05) is 6.07 Å². The summed E-state index contributed by atoms with van der Waals surface area (Å²) in [6.45, 7) is 7.51. The highest BCUT2D eigenvalue weighted by Crippen LogP contribution is 2.38. The van der Waals surface area contributed by atoms with E-state index in [0.717, 1.165) is 28.3 Å². The van der Waals surface area contributed by atoms with Crippen molar-refractivity contribution in [3.05, 3.63) is 82.0 Å². The molecule has 2 aromatic carbocycles. The van der Waals surface area contributed by atoms with Crippen molar-refractivity contribution in [1.29, 1.82) is 0 Å². The number of hydrogen-bond donors (Lipinski definition) is 0. The Morgan fingerprint density at radius 2 is 1.58 bits per heavy atom. The first-order valence-electron chi connectivity index (χ1n) is 9.87. The minimum absolute atomic E-state index is 0.0211. The number of nitrogens with zero attached hydrogens (tertiary/aromatic N) is 3. The number of hydrogen-bond acceptors (Lipinski definition) is 3. The third-order valence-corrected chi connectivity index (χ3v) is 5.25. The lowest BCUT2D eigenvalue weighted by molar-refractivity contribution is -0.136. The van der Waals surface area contributed by atoms with Gasteiger partial charge in [0.05, 0.1) is 22.3 Å². The number of benzene rings is 2. The van der Waals surface area contributed by atoms with Crippen molar-refractivity contribution in [1.82, 2.24) is 14.8 Å². The van der Waals surface area contributed by atoms with Crippen LogP contribution in [0.5, 0.6) is 5.88 Å². The molecule has 0 aliphatic heterocycles. The summed E-state index contributed by atoms with van der Waals surface area (Å²) >= 11 is 0. The van der Waals surface area contributed by atoms with Gasteiger partial charge in [-0.15, -0.1) is 0 Å². The largest absolute Gasteiger partial charge is 0.473 e. The van der Waals surface area contributed by atoms with Crippen molar-refractivity contribution in [3.8, 4) is 11.6 Å². The van der Waals surface area contributed by atoms with E-state index in [-0.39, 0.29) is 29.2 Å². The highest BCUT2D eigenvalue weighted by atomic mass is 19.4. The first-order valence-corrected chi connectivity index (χ1v) is 9.87. The second kappa shape index (κ2) is 7.72. The van der Waals surface area contributed by atoms with Crippen LogP contribution in [0.15, 0.2) is 48.5 Å². The molecular formula is C24H22F3N3O. The van der Waals surface area contributed by atoms with E-state index in [1.165, 1.54) is 4.68 Å². The molecule has 0 fully saturated rings. The third kappa shape index (κ3) is 4.13. The normalized spacial score (nSPS) is 11.8. The minimum atomic E-state index is -4.57. The first kappa shape index (κ1) is 20.9. The molecular weight excluding hydrogens is 403 g/mol. The quantitative estimate of drug-likeness (QED) is 0.388. The van der Waals surface area contributed by atoms with Crippen LogP contribution in [0.3, 0.4) is 0 Å². The fourth-order valence-corrected chi connectivity index (χ4v) is 3.54. The van der Waals surface area contributed by atoms with Gasteiger partial charge in [0.15, 0.2) is 5.65 Å². The van der Waals surface area contributed by atoms with Crippen LogP contribution < -0.4 is 4.74 Å². The monoisotopic (exact) mass is 425 g/mol. The molecule has 4 rings (SSSR count). The molecule has 31 heavy (non-hydrogen) atoms. The molecule has 0 bridgehead atoms. The van der Waals surface area contributed by atoms with Crippen LogP contribution in [0.25, 0.3) is 16.7 Å². The molecule has 0 saturated carbocycles. The molecule has 0 unspecified atom stereocenters. The number of fused-ring (bicyclic) bond motifs is 1. The first-order chi connectivity index (χ1) is 14.6. The molecule has 0 amide bonds. The summed E-state index contributed by atoms with van der Waals surface area (Å²) < 4.78 is 48.9. The predicted molar refractivity (Wildman–Crippen MR) is 114 cm³/mol. The fraction of sp³-hybridized carbons (Fsp3) is 0.250. The Hall–Kier alpha value is -3.35. The second-order valence-electron chi connectivity index (χ2n) is 7.76. The summed E-state index contributed by atoms with van der Waals surface area (Å²) in [4.78, 5) is 4.41. The zero-order valence-electron chi connectivity index (χ0n) is 17.7. The van der Waals surface area contributed by atoms with E-state index >= 15 is 0 Å². The molecule has 0 aliphatic rings. The molecule has 0 aliphatic carbocycles. The zero-order chi connectivity index (χ0) is 22.3. The Morgan fingerprint density at radius 1 is 0.903 bits per heavy atom. The number of rotatable bonds is 4. The van der Waals surface area contributed by atoms with Gasteiger partial charge in [-0.2, -0.15) is 23.3 Å². The lowest BCUT2D eigenvalue weighted by atomic mass is 10.1. The summed E-state index contributed by atoms with van der Waals surface area (Å²) in [6, 6.07) is 14.2. The summed E-state index contributed by atoms with van der Waals surface area (Å²) in [5.74, 6) is -0.0889. The Bertz CT molecular complexity index is 1260. The molecule has 0 N–H and O–H groups in total. The maximum absolute atomic E-state index is 13.9. The van der Waals surface area contributed by atoms with Crippen LogP contribution >= 0.6 is 0 Å². The SMILES string of the molecule is Cc1ccc(-n2nc(C)c3c(C(F)(F)F)cc(OCc4cc(C)ccc4C)nc32)cc1. The molecule has 160 valence electrons. The lowest BCUT2D eigenvalue weighted by Crippen LogP contribution is -2.09. The van der Waals surface area contributed by atoms with Crippen molar-refractivity contribution < 1.29 is 17.9 Å². The number of alkyl halides is 3. The molecule has 0 radical (unpaired) electrons. The lowest BCUT2D eigenvalue weighted by Gasteiger charge is -2.13. The van der Waals surface area contributed by atoms with Gasteiger partial charge in [0.1, 0.15) is 6.61 Å². The summed E-state index contributed by atoms with van der Waals surface area (Å²) in [5.41, 5.74) is 4.21. The molecule has 4 aromatic rings. The van der Waals surface area contributed by atoms with Crippen LogP contribution in [0.1, 0.15) is 33.5 Å². The number of aromatic nitrogens is 3. The summed E-state index contributed by atoms with van der Waals surface area (Å²) in [5, 5.41) is 4.33. The Morgan fingerprint density at radius 3 is 2.26 bits per heavy atom. The van der Waals surface area contributed by atoms with Gasteiger partial charge in [0.2, 0.25) is 5.88 Å². The number of halogens is 3. The standard InChI is InChI=1S/C24H22F3N3O/c1-14-6-9-19(10-7-14)30-23-22(17(4)29-30)20(24(25,26)27)12-21(28-23)31-13-18-11-15(2)5-8-16(18)3/h5-12H,13H2,1-4H3. The van der Waals surface area contributed by atoms with Crippen LogP contribution in [-0.2, 0) is 12.8 Å². The van der Waals surface area contributed by atoms with Gasteiger partial charge < -0.3 is 4.74 Å². The Balaban J connectivity index is 1.83. The van der Waals surface area contributed by atoms with Gasteiger partial charge in [0.25, 0.3) is 0 Å². The van der Waals surface area contributed by atoms with Gasteiger partial charge in [-0.3, -0.25) is 0 Å². The van der Waals surface area contributed by atoms with Crippen molar-refractivity contribution in [2.75, 3.05) is 0 Å². The Labute approximate surface area is 178 Å². The van der Waals surface area contributed by atoms with E-state index in [1.807, 2.05) is 51.1 Å². The average molecular weight is 425 g/mol. The third-order valence-electron chi connectivity index (χ3n) is 5.25. The summed E-state index contributed by atoms with van der Waals surface area (Å²) in [6.07, 6.45) is -4.57. The molecule has 0 atom stereocenters. The van der Waals surface area contributed by atoms with Crippen molar-refractivity contribution in [2.45, 2.75) is 40.5 Å². The molecule has 4 nitrogen and oxygen atoms in total. The van der Waals surface area contributed by atoms with E-state index in [0.29, 0.717) is 5.69 Å². The van der Waals surface area contributed by atoms with E-state index in [9.17, 15) is 13.2 Å². The second-order valence-corrected chi connectivity index (χ2v) is 7.76. The molecule has 2 heterocycles. The van der Waals surface area contributed by atoms with Crippen LogP contribution in [0, 0.1) is 27.7 Å². The molecule has 2 aromatic heterocycles. The highest BCUT2D eigenvalue weighted by Gasteiger charge is 2.36. The maximum atomic E-state index is 13.9. The van der Waals surface area contributed by atoms with E-state index in [2.05, 4.69) is 10.1 Å². The van der Waals surface area contributed by atoms with Gasteiger partial charge in [-0.1, -0.05) is 41.5 Å². The van der Waals surface area contributed by atoms with Gasteiger partial charge >= 0.3 is 6.18 Å². The minimum Gasteiger partial charge on any atom is -0.473 e. The van der Waals surface area contributed by atoms with Crippen molar-refractivity contribution in [2.24, 2.45) is 0 Å². The predicted octanol–water partition coefficient (Wildman–Crippen LogP) is 6.25. The molecule has 0 spiro atoms. The van der Waals surface area contributed by atoms with Crippen molar-refractivity contribution in [3.63, 3.8) is 0 Å². The van der Waals surface area contributed by atoms with Crippen LogP contribution in [0.4, 0.5) is 13.2 Å². The zero-order valence-corrected chi connectivity index (χ0v) is 17.7. The molecule has 7 heteroatoms. The van der Waals surface area contributed by atoms with Gasteiger partial charge in [-0.25, -0.2) is 4.68 Å². The van der Waals surface area contributed by atoms with E-state index < -0.39 is 11.7 Å². The van der Waals surface area contributed by atoms with E-state index in [1.54, 1.807) is 19.1 Å². The molecule has 0 saturated heterocycles. The van der Waals surface area contributed by atoms with Crippen LogP contribution in [-0.4, -0.2) is 14.8 Å². The van der Waals surface area contributed by atoms with Crippen LogP contribution in [0.2, 0.25) is 0 Å². The smallest absolute Gasteiger partial charge is 0.417 e. The highest BCUT2D eigenvalue weighted by molar-refractivity contribution is 5.84. The van der Waals surface area contributed by atoms with E-state index in [4.69, 9.17) is 4.74 Å². The maximum Gasteiger partial charge on any atom is 0.417 e. The summed E-state index contributed by atoms with van der Waals surface area (Å²) in [7, 11) is 0. The number of aryl methyl sites for hydroxylation is 4. The number of ether oxygens (including phenoxy) is 1. The number of pyridine rings is 1. The van der Waals surface area contributed by atoms with Gasteiger partial charge in [-0.05, 0) is 51.0 Å².